The molecule has 0 spiro atoms. The lowest BCUT2D eigenvalue weighted by Gasteiger charge is -2.10. The molecule has 0 saturated carbocycles. The van der Waals surface area contributed by atoms with Crippen molar-refractivity contribution in [1.82, 2.24) is 10.2 Å². The number of nitrogens with zero attached hydrogens (tertiary/aromatic N) is 2. The second-order valence-electron chi connectivity index (χ2n) is 5.38. The van der Waals surface area contributed by atoms with Crippen LogP contribution in [0.15, 0.2) is 30.9 Å². The largest absolute Gasteiger partial charge is 0.493 e. The van der Waals surface area contributed by atoms with E-state index in [1.54, 1.807) is 24.3 Å². The van der Waals surface area contributed by atoms with Crippen LogP contribution < -0.4 is 14.8 Å². The summed E-state index contributed by atoms with van der Waals surface area (Å²) in [6.45, 7) is 6.14. The normalized spacial score (nSPS) is 10.3. The summed E-state index contributed by atoms with van der Waals surface area (Å²) < 4.78 is 10.8. The minimum Gasteiger partial charge on any atom is -0.493 e. The second-order valence-corrected chi connectivity index (χ2v) is 6.44. The molecule has 0 unspecified atom stereocenters. The highest BCUT2D eigenvalue weighted by molar-refractivity contribution is 7.15. The smallest absolute Gasteiger partial charge is 0.257 e. The quantitative estimate of drug-likeness (QED) is 0.509. The van der Waals surface area contributed by atoms with E-state index < -0.39 is 0 Å². The molecule has 25 heavy (non-hydrogen) atoms. The maximum atomic E-state index is 12.4. The molecule has 0 aliphatic carbocycles. The Bertz CT molecular complexity index is 715. The van der Waals surface area contributed by atoms with Gasteiger partial charge in [-0.2, -0.15) is 0 Å². The van der Waals surface area contributed by atoms with E-state index in [9.17, 15) is 4.79 Å². The topological polar surface area (TPSA) is 73.3 Å². The van der Waals surface area contributed by atoms with Crippen LogP contribution in [0.5, 0.6) is 11.5 Å². The van der Waals surface area contributed by atoms with Gasteiger partial charge in [0, 0.05) is 12.0 Å². The number of carbonyl (C=O) groups is 1. The van der Waals surface area contributed by atoms with Gasteiger partial charge in [0.15, 0.2) is 11.5 Å². The van der Waals surface area contributed by atoms with Crippen molar-refractivity contribution < 1.29 is 14.3 Å². The molecule has 0 fully saturated rings. The van der Waals surface area contributed by atoms with Crippen molar-refractivity contribution in [2.75, 3.05) is 19.0 Å². The first kappa shape index (κ1) is 18.9. The molecule has 0 bridgehead atoms. The van der Waals surface area contributed by atoms with Crippen LogP contribution in [0, 0.1) is 0 Å². The number of methoxy groups -OCH3 is 1. The number of aromatic nitrogens is 2. The van der Waals surface area contributed by atoms with Crippen molar-refractivity contribution in [1.29, 1.82) is 0 Å². The number of benzene rings is 1. The van der Waals surface area contributed by atoms with Crippen LogP contribution in [-0.4, -0.2) is 29.8 Å². The van der Waals surface area contributed by atoms with Gasteiger partial charge >= 0.3 is 0 Å². The molecule has 1 aromatic carbocycles. The molecule has 7 heteroatoms. The van der Waals surface area contributed by atoms with Crippen LogP contribution in [0.3, 0.4) is 0 Å². The number of amides is 1. The fourth-order valence-electron chi connectivity index (χ4n) is 2.18. The molecule has 6 nitrogen and oxygen atoms in total. The average Bonchev–Trinajstić information content (AvgIpc) is 3.07. The summed E-state index contributed by atoms with van der Waals surface area (Å²) in [5.41, 5.74) is 0.463. The van der Waals surface area contributed by atoms with Gasteiger partial charge in [-0.3, -0.25) is 10.1 Å². The first-order valence-electron chi connectivity index (χ1n) is 8.23. The predicted molar refractivity (Wildman–Crippen MR) is 99.8 cm³/mol. The minimum atomic E-state index is -0.259. The molecule has 134 valence electrons. The fourth-order valence-corrected chi connectivity index (χ4v) is 2.95. The number of carbonyl (C=O) groups excluding carboxylic acids is 1. The van der Waals surface area contributed by atoms with Gasteiger partial charge in [-0.1, -0.05) is 43.8 Å². The fraction of sp³-hybridized carbons (Fsp3) is 0.389. The lowest BCUT2D eigenvalue weighted by molar-refractivity contribution is 0.102. The Morgan fingerprint density at radius 2 is 2.16 bits per heavy atom. The summed E-state index contributed by atoms with van der Waals surface area (Å²) in [5.74, 6) is 0.796. The zero-order chi connectivity index (χ0) is 18.1. The summed E-state index contributed by atoms with van der Waals surface area (Å²) in [7, 11) is 1.53. The molecule has 0 saturated heterocycles. The molecule has 0 radical (unpaired) electrons. The van der Waals surface area contributed by atoms with Crippen LogP contribution in [-0.2, 0) is 6.42 Å². The van der Waals surface area contributed by atoms with Crippen LogP contribution in [0.1, 0.15) is 41.6 Å². The first-order chi connectivity index (χ1) is 12.2. The van der Waals surface area contributed by atoms with E-state index in [0.29, 0.717) is 28.8 Å². The Morgan fingerprint density at radius 1 is 1.32 bits per heavy atom. The third-order valence-electron chi connectivity index (χ3n) is 3.46. The zero-order valence-electron chi connectivity index (χ0n) is 14.6. The van der Waals surface area contributed by atoms with Crippen LogP contribution in [0.2, 0.25) is 0 Å². The molecular formula is C18H23N3O3S. The number of unbranched alkanes of at least 4 members (excludes halogenated alkanes) is 2. The third kappa shape index (κ3) is 5.56. The van der Waals surface area contributed by atoms with Gasteiger partial charge in [0.2, 0.25) is 5.13 Å². The molecule has 1 N–H and O–H groups in total. The zero-order valence-corrected chi connectivity index (χ0v) is 15.4. The Balaban J connectivity index is 2.01. The van der Waals surface area contributed by atoms with Gasteiger partial charge in [-0.05, 0) is 24.6 Å². The number of anilines is 1. The molecular weight excluding hydrogens is 338 g/mol. The molecule has 0 aliphatic heterocycles. The Kier molecular flexibility index (Phi) is 7.40. The summed E-state index contributed by atoms with van der Waals surface area (Å²) in [6.07, 6.45) is 5.96. The summed E-state index contributed by atoms with van der Waals surface area (Å²) in [6, 6.07) is 5.02. The van der Waals surface area contributed by atoms with Crippen molar-refractivity contribution >= 4 is 22.4 Å². The maximum Gasteiger partial charge on any atom is 0.257 e. The van der Waals surface area contributed by atoms with E-state index in [2.05, 4.69) is 29.0 Å². The molecule has 0 atom stereocenters. The van der Waals surface area contributed by atoms with Gasteiger partial charge < -0.3 is 9.47 Å². The second kappa shape index (κ2) is 9.78. The number of hydrogen-bond acceptors (Lipinski definition) is 6. The number of hydrogen-bond donors (Lipinski definition) is 1. The maximum absolute atomic E-state index is 12.4. The number of nitrogens with one attached hydrogen (secondary N) is 1. The average molecular weight is 361 g/mol. The number of rotatable bonds is 10. The van der Waals surface area contributed by atoms with Crippen molar-refractivity contribution in [2.24, 2.45) is 0 Å². The first-order valence-corrected chi connectivity index (χ1v) is 9.05. The molecule has 1 amide bonds. The molecule has 1 heterocycles. The van der Waals surface area contributed by atoms with Gasteiger partial charge in [-0.15, -0.1) is 10.2 Å². The molecule has 2 rings (SSSR count). The van der Waals surface area contributed by atoms with Crippen molar-refractivity contribution in [3.8, 4) is 11.5 Å². The number of aryl methyl sites for hydroxylation is 1. The Morgan fingerprint density at radius 3 is 2.88 bits per heavy atom. The molecule has 2 aromatic rings. The van der Waals surface area contributed by atoms with E-state index in [1.165, 1.54) is 24.9 Å². The van der Waals surface area contributed by atoms with E-state index in [4.69, 9.17) is 9.47 Å². The van der Waals surface area contributed by atoms with E-state index in [-0.39, 0.29) is 5.91 Å². The van der Waals surface area contributed by atoms with Crippen LogP contribution in [0.4, 0.5) is 5.13 Å². The minimum absolute atomic E-state index is 0.259. The van der Waals surface area contributed by atoms with Crippen LogP contribution in [0.25, 0.3) is 0 Å². The number of ether oxygens (including phenoxy) is 2. The van der Waals surface area contributed by atoms with Gasteiger partial charge in [0.05, 0.1) is 7.11 Å². The van der Waals surface area contributed by atoms with Crippen molar-refractivity contribution in [3.63, 3.8) is 0 Å². The third-order valence-corrected chi connectivity index (χ3v) is 4.36. The van der Waals surface area contributed by atoms with Crippen molar-refractivity contribution in [2.45, 2.75) is 32.6 Å². The predicted octanol–water partition coefficient (Wildman–Crippen LogP) is 4.10. The highest BCUT2D eigenvalue weighted by Crippen LogP contribution is 2.28. The summed E-state index contributed by atoms with van der Waals surface area (Å²) in [5, 5.41) is 12.4. The van der Waals surface area contributed by atoms with Gasteiger partial charge in [0.25, 0.3) is 5.91 Å². The summed E-state index contributed by atoms with van der Waals surface area (Å²) in [4.78, 5) is 12.4. The molecule has 1 aromatic heterocycles. The lowest BCUT2D eigenvalue weighted by Crippen LogP contribution is -2.12. The van der Waals surface area contributed by atoms with E-state index in [1.807, 2.05) is 0 Å². The van der Waals surface area contributed by atoms with E-state index in [0.717, 1.165) is 24.3 Å². The summed E-state index contributed by atoms with van der Waals surface area (Å²) >= 11 is 1.41. The standard InChI is InChI=1S/C18H23N3O3S/c1-4-6-7-8-16-20-21-18(25-16)19-17(22)13-9-10-14(24-11-5-2)15(12-13)23-3/h5,9-10,12H,2,4,6-8,11H2,1,3H3,(H,19,21,22). The van der Waals surface area contributed by atoms with E-state index >= 15 is 0 Å². The van der Waals surface area contributed by atoms with Gasteiger partial charge in [-0.25, -0.2) is 0 Å². The lowest BCUT2D eigenvalue weighted by atomic mass is 10.2. The van der Waals surface area contributed by atoms with Gasteiger partial charge in [0.1, 0.15) is 11.6 Å². The SMILES string of the molecule is C=CCOc1ccc(C(=O)Nc2nnc(CCCCC)s2)cc1OC. The Labute approximate surface area is 151 Å². The van der Waals surface area contributed by atoms with Crippen molar-refractivity contribution in [3.05, 3.63) is 41.4 Å². The molecule has 0 aliphatic rings. The monoisotopic (exact) mass is 361 g/mol. The Hall–Kier alpha value is -2.41. The van der Waals surface area contributed by atoms with Crippen LogP contribution >= 0.6 is 11.3 Å². The highest BCUT2D eigenvalue weighted by Gasteiger charge is 2.13. The highest BCUT2D eigenvalue weighted by atomic mass is 32.1.